The molecule has 0 spiro atoms. The van der Waals surface area contributed by atoms with E-state index >= 15 is 0 Å². The summed E-state index contributed by atoms with van der Waals surface area (Å²) in [4.78, 5) is 30.7. The Balaban J connectivity index is 1.46. The van der Waals surface area contributed by atoms with Gasteiger partial charge in [-0.3, -0.25) is 14.6 Å². The lowest BCUT2D eigenvalue weighted by atomic mass is 10.0. The third kappa shape index (κ3) is 5.20. The maximum absolute atomic E-state index is 12.4. The molecule has 1 aromatic heterocycles. The van der Waals surface area contributed by atoms with Crippen LogP contribution in [0.15, 0.2) is 48.7 Å². The zero-order chi connectivity index (χ0) is 19.2. The Morgan fingerprint density at radius 1 is 1.19 bits per heavy atom. The topological polar surface area (TPSA) is 71.5 Å². The van der Waals surface area contributed by atoms with E-state index in [0.717, 1.165) is 0 Å². The van der Waals surface area contributed by atoms with Gasteiger partial charge in [0.2, 0.25) is 0 Å². The first kappa shape index (κ1) is 19.2. The van der Waals surface area contributed by atoms with Gasteiger partial charge in [-0.25, -0.2) is 0 Å². The van der Waals surface area contributed by atoms with Crippen LogP contribution in [0.1, 0.15) is 30.3 Å². The molecular weight excluding hydrogens is 366 g/mol. The van der Waals surface area contributed by atoms with Crippen LogP contribution in [0.25, 0.3) is 0 Å². The predicted octanol–water partition coefficient (Wildman–Crippen LogP) is 2.92. The SMILES string of the molecule is CC(Oc1ccc(Cl)cc1)C(=O)NC1CCN(C(=O)c2ccccn2)CC1. The van der Waals surface area contributed by atoms with Gasteiger partial charge in [0, 0.05) is 30.4 Å². The smallest absolute Gasteiger partial charge is 0.272 e. The van der Waals surface area contributed by atoms with Gasteiger partial charge in [-0.05, 0) is 56.2 Å². The molecule has 7 heteroatoms. The van der Waals surface area contributed by atoms with Crippen LogP contribution in [0.4, 0.5) is 0 Å². The summed E-state index contributed by atoms with van der Waals surface area (Å²) in [5, 5.41) is 3.62. The first-order valence-electron chi connectivity index (χ1n) is 8.96. The Labute approximate surface area is 163 Å². The summed E-state index contributed by atoms with van der Waals surface area (Å²) >= 11 is 5.85. The summed E-state index contributed by atoms with van der Waals surface area (Å²) in [6.07, 6.45) is 2.41. The highest BCUT2D eigenvalue weighted by molar-refractivity contribution is 6.30. The molecule has 1 saturated heterocycles. The number of benzene rings is 1. The summed E-state index contributed by atoms with van der Waals surface area (Å²) in [6, 6.07) is 12.2. The lowest BCUT2D eigenvalue weighted by Gasteiger charge is -2.32. The highest BCUT2D eigenvalue weighted by Gasteiger charge is 2.26. The number of pyridine rings is 1. The monoisotopic (exact) mass is 387 g/mol. The number of nitrogens with one attached hydrogen (secondary N) is 1. The fraction of sp³-hybridized carbons (Fsp3) is 0.350. The minimum absolute atomic E-state index is 0.0292. The Hall–Kier alpha value is -2.60. The van der Waals surface area contributed by atoms with Crippen molar-refractivity contribution in [3.05, 3.63) is 59.4 Å². The predicted molar refractivity (Wildman–Crippen MR) is 103 cm³/mol. The molecule has 0 aliphatic carbocycles. The molecule has 27 heavy (non-hydrogen) atoms. The van der Waals surface area contributed by atoms with Crippen molar-refractivity contribution < 1.29 is 14.3 Å². The van der Waals surface area contributed by atoms with Gasteiger partial charge < -0.3 is 15.0 Å². The van der Waals surface area contributed by atoms with Gasteiger partial charge in [0.1, 0.15) is 11.4 Å². The standard InChI is InChI=1S/C20H22ClN3O3/c1-14(27-17-7-5-15(21)6-8-17)19(25)23-16-9-12-24(13-10-16)20(26)18-4-2-3-11-22-18/h2-8,11,14,16H,9-10,12-13H2,1H3,(H,23,25). The summed E-state index contributed by atoms with van der Waals surface area (Å²) in [6.45, 7) is 2.89. The first-order chi connectivity index (χ1) is 13.0. The molecule has 1 fully saturated rings. The fourth-order valence-electron chi connectivity index (χ4n) is 2.97. The van der Waals surface area contributed by atoms with Gasteiger partial charge in [-0.2, -0.15) is 0 Å². The minimum Gasteiger partial charge on any atom is -0.481 e. The lowest BCUT2D eigenvalue weighted by Crippen LogP contribution is -2.49. The van der Waals surface area contributed by atoms with E-state index in [4.69, 9.17) is 16.3 Å². The summed E-state index contributed by atoms with van der Waals surface area (Å²) < 4.78 is 5.65. The van der Waals surface area contributed by atoms with Crippen molar-refractivity contribution in [3.8, 4) is 5.75 Å². The third-order valence-electron chi connectivity index (χ3n) is 4.51. The van der Waals surface area contributed by atoms with Crippen LogP contribution in [0, 0.1) is 0 Å². The second kappa shape index (κ2) is 8.86. The zero-order valence-corrected chi connectivity index (χ0v) is 15.9. The molecule has 1 aliphatic rings. The molecule has 0 radical (unpaired) electrons. The molecule has 1 unspecified atom stereocenters. The van der Waals surface area contributed by atoms with E-state index in [1.807, 2.05) is 0 Å². The number of piperidine rings is 1. The van der Waals surface area contributed by atoms with Crippen molar-refractivity contribution in [2.75, 3.05) is 13.1 Å². The average molecular weight is 388 g/mol. The van der Waals surface area contributed by atoms with Crippen LogP contribution in [-0.2, 0) is 4.79 Å². The summed E-state index contributed by atoms with van der Waals surface area (Å²) in [7, 11) is 0. The number of amides is 2. The third-order valence-corrected chi connectivity index (χ3v) is 4.76. The van der Waals surface area contributed by atoms with E-state index < -0.39 is 6.10 Å². The van der Waals surface area contributed by atoms with Crippen molar-refractivity contribution >= 4 is 23.4 Å². The molecule has 1 N–H and O–H groups in total. The largest absolute Gasteiger partial charge is 0.481 e. The van der Waals surface area contributed by atoms with Gasteiger partial charge in [-0.1, -0.05) is 17.7 Å². The number of rotatable bonds is 5. The minimum atomic E-state index is -0.612. The number of halogens is 1. The number of ether oxygens (including phenoxy) is 1. The van der Waals surface area contributed by atoms with Gasteiger partial charge in [0.25, 0.3) is 11.8 Å². The first-order valence-corrected chi connectivity index (χ1v) is 9.33. The van der Waals surface area contributed by atoms with Gasteiger partial charge in [-0.15, -0.1) is 0 Å². The van der Waals surface area contributed by atoms with E-state index in [1.165, 1.54) is 0 Å². The number of likely N-dealkylation sites (tertiary alicyclic amines) is 1. The van der Waals surface area contributed by atoms with E-state index in [0.29, 0.717) is 42.4 Å². The van der Waals surface area contributed by atoms with Crippen molar-refractivity contribution in [1.29, 1.82) is 0 Å². The maximum atomic E-state index is 12.4. The Morgan fingerprint density at radius 3 is 2.52 bits per heavy atom. The number of carbonyl (C=O) groups excluding carboxylic acids is 2. The van der Waals surface area contributed by atoms with Crippen LogP contribution in [0.3, 0.4) is 0 Å². The second-order valence-electron chi connectivity index (χ2n) is 6.50. The Morgan fingerprint density at radius 2 is 1.89 bits per heavy atom. The number of hydrogen-bond donors (Lipinski definition) is 1. The van der Waals surface area contributed by atoms with Crippen molar-refractivity contribution in [3.63, 3.8) is 0 Å². The van der Waals surface area contributed by atoms with Crippen LogP contribution in [0.2, 0.25) is 5.02 Å². The van der Waals surface area contributed by atoms with Crippen molar-refractivity contribution in [2.45, 2.75) is 31.9 Å². The van der Waals surface area contributed by atoms with E-state index in [2.05, 4.69) is 10.3 Å². The van der Waals surface area contributed by atoms with E-state index in [9.17, 15) is 9.59 Å². The zero-order valence-electron chi connectivity index (χ0n) is 15.1. The number of aromatic nitrogens is 1. The van der Waals surface area contributed by atoms with Gasteiger partial charge in [0.05, 0.1) is 0 Å². The van der Waals surface area contributed by atoms with Crippen LogP contribution >= 0.6 is 11.6 Å². The van der Waals surface area contributed by atoms with Crippen molar-refractivity contribution in [1.82, 2.24) is 15.2 Å². The Kier molecular flexibility index (Phi) is 6.29. The highest BCUT2D eigenvalue weighted by atomic mass is 35.5. The summed E-state index contributed by atoms with van der Waals surface area (Å²) in [5.74, 6) is 0.358. The number of carbonyl (C=O) groups is 2. The molecule has 2 aromatic rings. The van der Waals surface area contributed by atoms with Gasteiger partial charge in [0.15, 0.2) is 6.10 Å². The Bertz CT molecular complexity index is 775. The summed E-state index contributed by atoms with van der Waals surface area (Å²) in [5.41, 5.74) is 0.449. The molecule has 1 atom stereocenters. The molecule has 3 rings (SSSR count). The van der Waals surface area contributed by atoms with E-state index in [1.54, 1.807) is 60.5 Å². The molecule has 0 saturated carbocycles. The number of nitrogens with zero attached hydrogens (tertiary/aromatic N) is 2. The number of hydrogen-bond acceptors (Lipinski definition) is 4. The molecular formula is C20H22ClN3O3. The lowest BCUT2D eigenvalue weighted by molar-refractivity contribution is -0.128. The molecule has 142 valence electrons. The fourth-order valence-corrected chi connectivity index (χ4v) is 3.09. The molecule has 0 bridgehead atoms. The quantitative estimate of drug-likeness (QED) is 0.856. The second-order valence-corrected chi connectivity index (χ2v) is 6.94. The van der Waals surface area contributed by atoms with Gasteiger partial charge >= 0.3 is 0 Å². The maximum Gasteiger partial charge on any atom is 0.272 e. The highest BCUT2D eigenvalue weighted by Crippen LogP contribution is 2.17. The molecule has 6 nitrogen and oxygen atoms in total. The molecule has 1 aliphatic heterocycles. The average Bonchev–Trinajstić information content (AvgIpc) is 2.70. The van der Waals surface area contributed by atoms with Crippen LogP contribution < -0.4 is 10.1 Å². The molecule has 2 heterocycles. The normalized spacial score (nSPS) is 15.9. The van der Waals surface area contributed by atoms with E-state index in [-0.39, 0.29) is 17.9 Å². The molecule has 2 amide bonds. The van der Waals surface area contributed by atoms with Crippen LogP contribution in [0.5, 0.6) is 5.75 Å². The molecule has 1 aromatic carbocycles. The van der Waals surface area contributed by atoms with Crippen molar-refractivity contribution in [2.24, 2.45) is 0 Å². The van der Waals surface area contributed by atoms with Crippen LogP contribution in [-0.4, -0.2) is 46.9 Å².